The molecule has 3 N–H and O–H groups in total. The fourth-order valence-electron chi connectivity index (χ4n) is 3.18. The number of nitrogens with two attached hydrogens (primary N) is 1. The summed E-state index contributed by atoms with van der Waals surface area (Å²) in [7, 11) is 0. The molecule has 0 radical (unpaired) electrons. The van der Waals surface area contributed by atoms with Crippen LogP contribution in [0.1, 0.15) is 34.7 Å². The van der Waals surface area contributed by atoms with E-state index in [4.69, 9.17) is 5.73 Å². The molecule has 1 saturated heterocycles. The van der Waals surface area contributed by atoms with Gasteiger partial charge in [-0.05, 0) is 48.6 Å². The molecule has 1 heterocycles. The molecule has 0 spiro atoms. The zero-order valence-corrected chi connectivity index (χ0v) is 13.6. The Bertz CT molecular complexity index is 796. The lowest BCUT2D eigenvalue weighted by molar-refractivity contribution is -0.383. The zero-order chi connectivity index (χ0) is 18.0. The Morgan fingerprint density at radius 2 is 1.80 bits per heavy atom. The number of nitro groups is 1. The number of phenolic OH excluding ortho intramolecular Hbond substituents is 1. The van der Waals surface area contributed by atoms with E-state index in [1.165, 1.54) is 18.2 Å². The monoisotopic (exact) mass is 341 g/mol. The van der Waals surface area contributed by atoms with Gasteiger partial charge in [-0.15, -0.1) is 0 Å². The normalized spacial score (nSPS) is 15.1. The Kier molecular flexibility index (Phi) is 4.56. The summed E-state index contributed by atoms with van der Waals surface area (Å²) in [5, 5.41) is 20.3. The minimum absolute atomic E-state index is 0.0487. The first-order chi connectivity index (χ1) is 12.0. The number of carbonyl (C=O) groups excluding carboxylic acids is 1. The Labute approximate surface area is 144 Å². The van der Waals surface area contributed by atoms with Crippen molar-refractivity contribution >= 4 is 17.3 Å². The van der Waals surface area contributed by atoms with Crippen molar-refractivity contribution in [3.8, 4) is 5.75 Å². The largest absolute Gasteiger partial charge is 0.508 e. The van der Waals surface area contributed by atoms with Crippen molar-refractivity contribution in [2.24, 2.45) is 0 Å². The molecule has 0 aromatic heterocycles. The number of hydrogen-bond acceptors (Lipinski definition) is 5. The lowest BCUT2D eigenvalue weighted by atomic mass is 9.89. The van der Waals surface area contributed by atoms with Crippen LogP contribution in [0.2, 0.25) is 0 Å². The number of nitrogens with zero attached hydrogens (tertiary/aromatic N) is 2. The standard InChI is InChI=1S/C18H19N3O4/c19-16-6-3-14(11-17(16)21(24)25)18(23)20-9-7-13(8-10-20)12-1-4-15(22)5-2-12/h1-6,11,13,22H,7-10,19H2. The Morgan fingerprint density at radius 1 is 1.16 bits per heavy atom. The average molecular weight is 341 g/mol. The van der Waals surface area contributed by atoms with Gasteiger partial charge in [-0.25, -0.2) is 0 Å². The van der Waals surface area contributed by atoms with Crippen molar-refractivity contribution in [1.82, 2.24) is 4.90 Å². The fourth-order valence-corrected chi connectivity index (χ4v) is 3.18. The number of hydrogen-bond donors (Lipinski definition) is 2. The van der Waals surface area contributed by atoms with Crippen molar-refractivity contribution in [2.75, 3.05) is 18.8 Å². The summed E-state index contributed by atoms with van der Waals surface area (Å²) >= 11 is 0. The van der Waals surface area contributed by atoms with E-state index in [0.717, 1.165) is 18.4 Å². The summed E-state index contributed by atoms with van der Waals surface area (Å²) in [4.78, 5) is 24.7. The summed E-state index contributed by atoms with van der Waals surface area (Å²) < 4.78 is 0. The summed E-state index contributed by atoms with van der Waals surface area (Å²) in [6.07, 6.45) is 1.63. The number of amides is 1. The van der Waals surface area contributed by atoms with E-state index >= 15 is 0 Å². The lowest BCUT2D eigenvalue weighted by Gasteiger charge is -2.32. The van der Waals surface area contributed by atoms with E-state index in [0.29, 0.717) is 19.0 Å². The molecule has 7 nitrogen and oxygen atoms in total. The van der Waals surface area contributed by atoms with Crippen molar-refractivity contribution in [1.29, 1.82) is 0 Å². The van der Waals surface area contributed by atoms with Gasteiger partial charge < -0.3 is 15.7 Å². The number of rotatable bonds is 3. The molecular weight excluding hydrogens is 322 g/mol. The molecule has 1 amide bonds. The van der Waals surface area contributed by atoms with Crippen LogP contribution in [0.5, 0.6) is 5.75 Å². The Balaban J connectivity index is 1.68. The molecule has 0 bridgehead atoms. The van der Waals surface area contributed by atoms with Gasteiger partial charge in [0.1, 0.15) is 11.4 Å². The topological polar surface area (TPSA) is 110 Å². The van der Waals surface area contributed by atoms with Gasteiger partial charge in [-0.2, -0.15) is 0 Å². The molecule has 130 valence electrons. The maximum Gasteiger partial charge on any atom is 0.292 e. The zero-order valence-electron chi connectivity index (χ0n) is 13.6. The molecule has 2 aromatic rings. The van der Waals surface area contributed by atoms with Gasteiger partial charge in [-0.1, -0.05) is 12.1 Å². The molecule has 0 saturated carbocycles. The number of likely N-dealkylation sites (tertiary alicyclic amines) is 1. The molecule has 3 rings (SSSR count). The molecule has 1 aliphatic rings. The number of nitrogen functional groups attached to an aromatic ring is 1. The van der Waals surface area contributed by atoms with Crippen LogP contribution in [-0.2, 0) is 0 Å². The highest BCUT2D eigenvalue weighted by molar-refractivity contribution is 5.95. The lowest BCUT2D eigenvalue weighted by Crippen LogP contribution is -2.37. The second-order valence-corrected chi connectivity index (χ2v) is 6.19. The van der Waals surface area contributed by atoms with Crippen LogP contribution in [0, 0.1) is 10.1 Å². The smallest absolute Gasteiger partial charge is 0.292 e. The molecule has 1 aliphatic heterocycles. The van der Waals surface area contributed by atoms with Crippen LogP contribution >= 0.6 is 0 Å². The number of carbonyl (C=O) groups is 1. The average Bonchev–Trinajstić information content (AvgIpc) is 2.62. The van der Waals surface area contributed by atoms with Crippen molar-refractivity contribution in [3.63, 3.8) is 0 Å². The summed E-state index contributed by atoms with van der Waals surface area (Å²) in [6.45, 7) is 1.17. The third-order valence-electron chi connectivity index (χ3n) is 4.62. The predicted molar refractivity (Wildman–Crippen MR) is 93.5 cm³/mol. The van der Waals surface area contributed by atoms with Crippen LogP contribution in [0.15, 0.2) is 42.5 Å². The maximum absolute atomic E-state index is 12.6. The minimum Gasteiger partial charge on any atom is -0.508 e. The summed E-state index contributed by atoms with van der Waals surface area (Å²) in [5.41, 5.74) is 6.81. The fraction of sp³-hybridized carbons (Fsp3) is 0.278. The highest BCUT2D eigenvalue weighted by atomic mass is 16.6. The number of piperidine rings is 1. The number of nitro benzene ring substituents is 1. The van der Waals surface area contributed by atoms with E-state index in [1.807, 2.05) is 12.1 Å². The first kappa shape index (κ1) is 16.8. The van der Waals surface area contributed by atoms with Crippen LogP contribution < -0.4 is 5.73 Å². The van der Waals surface area contributed by atoms with Gasteiger partial charge >= 0.3 is 0 Å². The van der Waals surface area contributed by atoms with Crippen LogP contribution in [0.25, 0.3) is 0 Å². The molecule has 7 heteroatoms. The van der Waals surface area contributed by atoms with E-state index in [1.54, 1.807) is 17.0 Å². The summed E-state index contributed by atoms with van der Waals surface area (Å²) in [6, 6.07) is 11.3. The van der Waals surface area contributed by atoms with Gasteiger partial charge in [0.25, 0.3) is 11.6 Å². The van der Waals surface area contributed by atoms with Crippen molar-refractivity contribution in [2.45, 2.75) is 18.8 Å². The number of aromatic hydroxyl groups is 1. The Hall–Kier alpha value is -3.09. The highest BCUT2D eigenvalue weighted by Gasteiger charge is 2.26. The van der Waals surface area contributed by atoms with Crippen molar-refractivity contribution in [3.05, 3.63) is 63.7 Å². The van der Waals surface area contributed by atoms with E-state index in [9.17, 15) is 20.0 Å². The van der Waals surface area contributed by atoms with E-state index in [2.05, 4.69) is 0 Å². The molecule has 25 heavy (non-hydrogen) atoms. The minimum atomic E-state index is -0.580. The van der Waals surface area contributed by atoms with Gasteiger partial charge in [0.05, 0.1) is 4.92 Å². The number of phenols is 1. The second kappa shape index (κ2) is 6.80. The van der Waals surface area contributed by atoms with E-state index < -0.39 is 4.92 Å². The first-order valence-electron chi connectivity index (χ1n) is 8.08. The number of benzene rings is 2. The van der Waals surface area contributed by atoms with Gasteiger partial charge in [0, 0.05) is 24.7 Å². The van der Waals surface area contributed by atoms with Gasteiger partial charge in [-0.3, -0.25) is 14.9 Å². The maximum atomic E-state index is 12.6. The quantitative estimate of drug-likeness (QED) is 0.507. The SMILES string of the molecule is Nc1ccc(C(=O)N2CCC(c3ccc(O)cc3)CC2)cc1[N+](=O)[O-]. The number of anilines is 1. The Morgan fingerprint density at radius 3 is 2.40 bits per heavy atom. The van der Waals surface area contributed by atoms with Crippen LogP contribution in [0.4, 0.5) is 11.4 Å². The molecular formula is C18H19N3O4. The van der Waals surface area contributed by atoms with Crippen LogP contribution in [0.3, 0.4) is 0 Å². The third kappa shape index (κ3) is 3.55. The molecule has 0 unspecified atom stereocenters. The van der Waals surface area contributed by atoms with Crippen LogP contribution in [-0.4, -0.2) is 33.9 Å². The first-order valence-corrected chi connectivity index (χ1v) is 8.08. The van der Waals surface area contributed by atoms with E-state index in [-0.39, 0.29) is 28.6 Å². The van der Waals surface area contributed by atoms with Gasteiger partial charge in [0.15, 0.2) is 0 Å². The molecule has 0 atom stereocenters. The molecule has 1 fully saturated rings. The highest BCUT2D eigenvalue weighted by Crippen LogP contribution is 2.30. The second-order valence-electron chi connectivity index (χ2n) is 6.19. The molecule has 2 aromatic carbocycles. The van der Waals surface area contributed by atoms with Crippen molar-refractivity contribution < 1.29 is 14.8 Å². The van der Waals surface area contributed by atoms with Gasteiger partial charge in [0.2, 0.25) is 0 Å². The molecule has 0 aliphatic carbocycles. The summed E-state index contributed by atoms with van der Waals surface area (Å²) in [5.74, 6) is 0.360. The third-order valence-corrected chi connectivity index (χ3v) is 4.62. The predicted octanol–water partition coefficient (Wildman–Crippen LogP) is 2.90.